The number of halogens is 1. The molecule has 1 aromatic rings. The highest BCUT2D eigenvalue weighted by atomic mass is 79.9. The van der Waals surface area contributed by atoms with E-state index in [2.05, 4.69) is 39.4 Å². The molecule has 3 nitrogen and oxygen atoms in total. The average molecular weight is 332 g/mol. The van der Waals surface area contributed by atoms with Crippen molar-refractivity contribution in [2.75, 3.05) is 12.4 Å². The molecule has 100 valence electrons. The van der Waals surface area contributed by atoms with Gasteiger partial charge in [0.15, 0.2) is 0 Å². The highest BCUT2D eigenvalue weighted by Gasteiger charge is 2.20. The summed E-state index contributed by atoms with van der Waals surface area (Å²) in [5.74, 6) is 0.516. The van der Waals surface area contributed by atoms with E-state index in [0.29, 0.717) is 11.8 Å². The summed E-state index contributed by atoms with van der Waals surface area (Å²) in [5.41, 5.74) is 1.26. The fraction of sp³-hybridized carbons (Fsp3) is 0.538. The standard InChI is InChI=1S/C13H18BrNO2S/c14-13-5-12(18-8-11(17)7-16)4-1-9(13)6-15-10-2-3-10/h1,4-5,10-11,15-17H,2-3,6-8H2. The molecule has 1 saturated carbocycles. The van der Waals surface area contributed by atoms with E-state index in [0.717, 1.165) is 15.9 Å². The predicted molar refractivity (Wildman–Crippen MR) is 77.8 cm³/mol. The van der Waals surface area contributed by atoms with Gasteiger partial charge in [-0.05, 0) is 30.5 Å². The second-order valence-electron chi connectivity index (χ2n) is 4.56. The molecule has 0 spiro atoms. The van der Waals surface area contributed by atoms with Crippen molar-refractivity contribution in [3.05, 3.63) is 28.2 Å². The summed E-state index contributed by atoms with van der Waals surface area (Å²) in [5, 5.41) is 21.5. The third kappa shape index (κ3) is 4.55. The van der Waals surface area contributed by atoms with Gasteiger partial charge in [-0.3, -0.25) is 0 Å². The molecular formula is C13H18BrNO2S. The number of thioether (sulfide) groups is 1. The maximum atomic E-state index is 9.30. The Morgan fingerprint density at radius 2 is 2.22 bits per heavy atom. The van der Waals surface area contributed by atoms with E-state index < -0.39 is 6.10 Å². The Kier molecular flexibility index (Phi) is 5.51. The van der Waals surface area contributed by atoms with E-state index in [-0.39, 0.29) is 6.61 Å². The lowest BCUT2D eigenvalue weighted by molar-refractivity contribution is 0.113. The number of nitrogens with one attached hydrogen (secondary N) is 1. The van der Waals surface area contributed by atoms with Crippen molar-refractivity contribution in [3.8, 4) is 0 Å². The molecule has 0 saturated heterocycles. The van der Waals surface area contributed by atoms with Gasteiger partial charge in [-0.15, -0.1) is 11.8 Å². The first-order chi connectivity index (χ1) is 8.69. The van der Waals surface area contributed by atoms with Crippen LogP contribution in [-0.4, -0.2) is 34.7 Å². The van der Waals surface area contributed by atoms with E-state index in [1.54, 1.807) is 11.8 Å². The summed E-state index contributed by atoms with van der Waals surface area (Å²) in [7, 11) is 0. The topological polar surface area (TPSA) is 52.5 Å². The number of rotatable bonds is 7. The van der Waals surface area contributed by atoms with Gasteiger partial charge in [-0.25, -0.2) is 0 Å². The van der Waals surface area contributed by atoms with E-state index in [1.807, 2.05) is 0 Å². The van der Waals surface area contributed by atoms with Crippen LogP contribution in [0.4, 0.5) is 0 Å². The van der Waals surface area contributed by atoms with Gasteiger partial charge in [0.1, 0.15) is 0 Å². The average Bonchev–Trinajstić information content (AvgIpc) is 3.18. The van der Waals surface area contributed by atoms with Crippen LogP contribution in [0.2, 0.25) is 0 Å². The lowest BCUT2D eigenvalue weighted by Crippen LogP contribution is -2.15. The Balaban J connectivity index is 1.87. The van der Waals surface area contributed by atoms with Gasteiger partial charge in [-0.2, -0.15) is 0 Å². The van der Waals surface area contributed by atoms with Gasteiger partial charge in [0.2, 0.25) is 0 Å². The Morgan fingerprint density at radius 1 is 1.44 bits per heavy atom. The molecule has 0 radical (unpaired) electrons. The summed E-state index contributed by atoms with van der Waals surface area (Å²) >= 11 is 5.13. The predicted octanol–water partition coefficient (Wildman–Crippen LogP) is 2.15. The van der Waals surface area contributed by atoms with Crippen molar-refractivity contribution in [2.24, 2.45) is 0 Å². The first kappa shape index (κ1) is 14.3. The zero-order chi connectivity index (χ0) is 13.0. The molecule has 18 heavy (non-hydrogen) atoms. The molecule has 0 bridgehead atoms. The Bertz CT molecular complexity index is 399. The lowest BCUT2D eigenvalue weighted by Gasteiger charge is -2.10. The number of aliphatic hydroxyl groups is 2. The van der Waals surface area contributed by atoms with Crippen LogP contribution in [0.15, 0.2) is 27.6 Å². The molecule has 1 aliphatic rings. The van der Waals surface area contributed by atoms with Crippen LogP contribution in [0, 0.1) is 0 Å². The molecule has 0 amide bonds. The monoisotopic (exact) mass is 331 g/mol. The van der Waals surface area contributed by atoms with Crippen LogP contribution in [0.25, 0.3) is 0 Å². The maximum Gasteiger partial charge on any atom is 0.0864 e. The van der Waals surface area contributed by atoms with Gasteiger partial charge in [0, 0.05) is 27.7 Å². The minimum Gasteiger partial charge on any atom is -0.394 e. The Morgan fingerprint density at radius 3 is 2.83 bits per heavy atom. The van der Waals surface area contributed by atoms with Gasteiger partial charge in [0.25, 0.3) is 0 Å². The third-order valence-corrected chi connectivity index (χ3v) is 4.71. The van der Waals surface area contributed by atoms with Gasteiger partial charge in [-0.1, -0.05) is 22.0 Å². The summed E-state index contributed by atoms with van der Waals surface area (Å²) in [6, 6.07) is 6.94. The molecule has 0 aromatic heterocycles. The van der Waals surface area contributed by atoms with Crippen molar-refractivity contribution in [1.29, 1.82) is 0 Å². The van der Waals surface area contributed by atoms with Gasteiger partial charge >= 0.3 is 0 Å². The van der Waals surface area contributed by atoms with E-state index in [4.69, 9.17) is 5.11 Å². The van der Waals surface area contributed by atoms with Crippen molar-refractivity contribution < 1.29 is 10.2 Å². The lowest BCUT2D eigenvalue weighted by atomic mass is 10.2. The molecule has 1 fully saturated rings. The van der Waals surface area contributed by atoms with Crippen molar-refractivity contribution >= 4 is 27.7 Å². The second-order valence-corrected chi connectivity index (χ2v) is 6.50. The molecule has 5 heteroatoms. The molecule has 0 heterocycles. The quantitative estimate of drug-likeness (QED) is 0.670. The Labute approximate surface area is 120 Å². The second kappa shape index (κ2) is 6.91. The van der Waals surface area contributed by atoms with E-state index in [1.165, 1.54) is 18.4 Å². The molecule has 2 rings (SSSR count). The fourth-order valence-electron chi connectivity index (χ4n) is 1.55. The summed E-state index contributed by atoms with van der Waals surface area (Å²) in [6.07, 6.45) is 1.94. The first-order valence-electron chi connectivity index (χ1n) is 6.12. The van der Waals surface area contributed by atoms with Gasteiger partial charge in [0.05, 0.1) is 12.7 Å². The summed E-state index contributed by atoms with van der Waals surface area (Å²) in [4.78, 5) is 1.10. The van der Waals surface area contributed by atoms with Crippen molar-refractivity contribution in [3.63, 3.8) is 0 Å². The number of aliphatic hydroxyl groups excluding tert-OH is 2. The van der Waals surface area contributed by atoms with Crippen LogP contribution in [0.1, 0.15) is 18.4 Å². The normalized spacial score (nSPS) is 16.8. The molecular weight excluding hydrogens is 314 g/mol. The molecule has 0 aliphatic heterocycles. The van der Waals surface area contributed by atoms with Crippen LogP contribution >= 0.6 is 27.7 Å². The highest BCUT2D eigenvalue weighted by Crippen LogP contribution is 2.27. The third-order valence-electron chi connectivity index (χ3n) is 2.84. The smallest absolute Gasteiger partial charge is 0.0864 e. The van der Waals surface area contributed by atoms with Gasteiger partial charge < -0.3 is 15.5 Å². The number of benzene rings is 1. The molecule has 1 unspecified atom stereocenters. The highest BCUT2D eigenvalue weighted by molar-refractivity contribution is 9.10. The molecule has 1 aromatic carbocycles. The van der Waals surface area contributed by atoms with Crippen LogP contribution in [0.3, 0.4) is 0 Å². The first-order valence-corrected chi connectivity index (χ1v) is 7.90. The molecule has 3 N–H and O–H groups in total. The minimum absolute atomic E-state index is 0.183. The van der Waals surface area contributed by atoms with E-state index >= 15 is 0 Å². The zero-order valence-electron chi connectivity index (χ0n) is 10.1. The fourth-order valence-corrected chi connectivity index (χ4v) is 3.07. The largest absolute Gasteiger partial charge is 0.394 e. The molecule has 1 aliphatic carbocycles. The van der Waals surface area contributed by atoms with E-state index in [9.17, 15) is 5.11 Å². The van der Waals surface area contributed by atoms with Crippen molar-refractivity contribution in [1.82, 2.24) is 5.32 Å². The SMILES string of the molecule is OCC(O)CSc1ccc(CNC2CC2)c(Br)c1. The van der Waals surface area contributed by atoms with Crippen LogP contribution in [-0.2, 0) is 6.54 Å². The summed E-state index contributed by atoms with van der Waals surface area (Å²) < 4.78 is 1.10. The van der Waals surface area contributed by atoms with Crippen LogP contribution in [0.5, 0.6) is 0 Å². The zero-order valence-corrected chi connectivity index (χ0v) is 12.5. The van der Waals surface area contributed by atoms with Crippen molar-refractivity contribution in [2.45, 2.75) is 36.4 Å². The van der Waals surface area contributed by atoms with Crippen LogP contribution < -0.4 is 5.32 Å². The molecule has 1 atom stereocenters. The minimum atomic E-state index is -0.648. The Hall–Kier alpha value is -0.0700. The summed E-state index contributed by atoms with van der Waals surface area (Å²) in [6.45, 7) is 0.715. The maximum absolute atomic E-state index is 9.30. The number of hydrogen-bond donors (Lipinski definition) is 3. The number of hydrogen-bond acceptors (Lipinski definition) is 4.